The summed E-state index contributed by atoms with van der Waals surface area (Å²) in [5.41, 5.74) is 1.69. The maximum Gasteiger partial charge on any atom is 0.340 e. The lowest BCUT2D eigenvalue weighted by molar-refractivity contribution is 0.0458. The lowest BCUT2D eigenvalue weighted by Gasteiger charge is -2.26. The Labute approximate surface area is 197 Å². The number of fused-ring (bicyclic) bond motifs is 1. The van der Waals surface area contributed by atoms with Crippen LogP contribution in [0.4, 0.5) is 5.82 Å². The van der Waals surface area contributed by atoms with E-state index in [0.29, 0.717) is 55.8 Å². The highest BCUT2D eigenvalue weighted by molar-refractivity contribution is 7.89. The van der Waals surface area contributed by atoms with E-state index in [2.05, 4.69) is 15.3 Å². The molecule has 34 heavy (non-hydrogen) atoms. The average molecular weight is 486 g/mol. The summed E-state index contributed by atoms with van der Waals surface area (Å²) in [7, 11) is -3.63. The molecule has 0 atom stereocenters. The Morgan fingerprint density at radius 3 is 2.68 bits per heavy atom. The van der Waals surface area contributed by atoms with E-state index in [1.807, 2.05) is 11.5 Å². The zero-order valence-electron chi connectivity index (χ0n) is 18.9. The predicted octanol–water partition coefficient (Wildman–Crippen LogP) is 2.40. The highest BCUT2D eigenvalue weighted by Crippen LogP contribution is 2.25. The molecule has 5 rings (SSSR count). The standard InChI is InChI=1S/C23H27N5O5S/c1-2-28-20-7-6-18(34(30,31)27-9-11-32-12-10-27)13-19(20)26-22(28)15-33-23(29)16-3-8-21(24-14-16)25-17-4-5-17/h3,6-8,13-14,17H,2,4-5,9-12,15H2,1H3,(H,24,25). The van der Waals surface area contributed by atoms with Crippen LogP contribution < -0.4 is 5.32 Å². The number of hydrogen-bond acceptors (Lipinski definition) is 8. The fourth-order valence-electron chi connectivity index (χ4n) is 3.97. The quantitative estimate of drug-likeness (QED) is 0.484. The normalized spacial score (nSPS) is 17.1. The van der Waals surface area contributed by atoms with Gasteiger partial charge in [0.15, 0.2) is 0 Å². The zero-order valence-corrected chi connectivity index (χ0v) is 19.8. The Morgan fingerprint density at radius 2 is 2.00 bits per heavy atom. The van der Waals surface area contributed by atoms with E-state index in [0.717, 1.165) is 24.2 Å². The number of carbonyl (C=O) groups excluding carboxylic acids is 1. The minimum absolute atomic E-state index is 0.0328. The molecule has 11 heteroatoms. The number of aryl methyl sites for hydroxylation is 1. The summed E-state index contributed by atoms with van der Waals surface area (Å²) in [6.07, 6.45) is 3.79. The van der Waals surface area contributed by atoms with Gasteiger partial charge < -0.3 is 19.4 Å². The van der Waals surface area contributed by atoms with Crippen molar-refractivity contribution in [1.82, 2.24) is 18.8 Å². The topological polar surface area (TPSA) is 116 Å². The molecule has 2 fully saturated rings. The minimum atomic E-state index is -3.63. The summed E-state index contributed by atoms with van der Waals surface area (Å²) in [4.78, 5) is 21.6. The number of nitrogens with zero attached hydrogens (tertiary/aromatic N) is 4. The Hall–Kier alpha value is -3.02. The number of sulfonamides is 1. The number of aromatic nitrogens is 3. The van der Waals surface area contributed by atoms with Gasteiger partial charge in [0, 0.05) is 31.9 Å². The molecule has 3 aromatic rings. The minimum Gasteiger partial charge on any atom is -0.454 e. The Morgan fingerprint density at radius 1 is 1.21 bits per heavy atom. The van der Waals surface area contributed by atoms with Crippen molar-refractivity contribution in [2.75, 3.05) is 31.6 Å². The van der Waals surface area contributed by atoms with Gasteiger partial charge in [-0.05, 0) is 50.1 Å². The van der Waals surface area contributed by atoms with Gasteiger partial charge in [-0.15, -0.1) is 0 Å². The molecule has 3 heterocycles. The summed E-state index contributed by atoms with van der Waals surface area (Å²) in [5, 5.41) is 3.28. The van der Waals surface area contributed by atoms with Crippen LogP contribution in [0.2, 0.25) is 0 Å². The number of ether oxygens (including phenoxy) is 2. The van der Waals surface area contributed by atoms with Gasteiger partial charge in [0.2, 0.25) is 10.0 Å². The summed E-state index contributed by atoms with van der Waals surface area (Å²) in [6, 6.07) is 8.86. The molecule has 1 N–H and O–H groups in total. The number of carbonyl (C=O) groups is 1. The molecule has 2 aliphatic rings. The van der Waals surface area contributed by atoms with Crippen molar-refractivity contribution in [2.24, 2.45) is 0 Å². The summed E-state index contributed by atoms with van der Waals surface area (Å²) in [6.45, 7) is 3.96. The van der Waals surface area contributed by atoms with Crippen molar-refractivity contribution >= 4 is 32.8 Å². The van der Waals surface area contributed by atoms with Gasteiger partial charge in [-0.3, -0.25) is 0 Å². The van der Waals surface area contributed by atoms with E-state index in [1.165, 1.54) is 10.5 Å². The molecule has 0 bridgehead atoms. The first kappa shape index (κ1) is 22.8. The second kappa shape index (κ2) is 9.32. The van der Waals surface area contributed by atoms with Crippen LogP contribution in [0.1, 0.15) is 35.9 Å². The lowest BCUT2D eigenvalue weighted by Crippen LogP contribution is -2.40. The average Bonchev–Trinajstić information content (AvgIpc) is 3.60. The summed E-state index contributed by atoms with van der Waals surface area (Å²) in [5.74, 6) is 0.803. The van der Waals surface area contributed by atoms with Crippen molar-refractivity contribution in [3.8, 4) is 0 Å². The van der Waals surface area contributed by atoms with Crippen molar-refractivity contribution < 1.29 is 22.7 Å². The largest absolute Gasteiger partial charge is 0.454 e. The van der Waals surface area contributed by atoms with Crippen molar-refractivity contribution in [1.29, 1.82) is 0 Å². The van der Waals surface area contributed by atoms with E-state index in [4.69, 9.17) is 9.47 Å². The monoisotopic (exact) mass is 485 g/mol. The van der Waals surface area contributed by atoms with Gasteiger partial charge in [-0.25, -0.2) is 23.2 Å². The number of esters is 1. The van der Waals surface area contributed by atoms with Gasteiger partial charge >= 0.3 is 5.97 Å². The fourth-order valence-corrected chi connectivity index (χ4v) is 5.40. The third-order valence-electron chi connectivity index (χ3n) is 5.98. The summed E-state index contributed by atoms with van der Waals surface area (Å²) < 4.78 is 40.1. The number of hydrogen-bond donors (Lipinski definition) is 1. The SMILES string of the molecule is CCn1c(COC(=O)c2ccc(NC3CC3)nc2)nc2cc(S(=O)(=O)N3CCOCC3)ccc21. The van der Waals surface area contributed by atoms with Crippen LogP contribution in [0.25, 0.3) is 11.0 Å². The third-order valence-corrected chi connectivity index (χ3v) is 7.88. The Kier molecular flexibility index (Phi) is 6.24. The molecule has 180 valence electrons. The molecule has 1 saturated carbocycles. The lowest BCUT2D eigenvalue weighted by atomic mass is 10.3. The first-order chi connectivity index (χ1) is 16.5. The fraction of sp³-hybridized carbons (Fsp3) is 0.435. The highest BCUT2D eigenvalue weighted by atomic mass is 32.2. The zero-order chi connectivity index (χ0) is 23.7. The van der Waals surface area contributed by atoms with Crippen LogP contribution >= 0.6 is 0 Å². The van der Waals surface area contributed by atoms with E-state index < -0.39 is 16.0 Å². The second-order valence-electron chi connectivity index (χ2n) is 8.37. The number of anilines is 1. The number of nitrogens with one attached hydrogen (secondary N) is 1. The number of benzene rings is 1. The van der Waals surface area contributed by atoms with Crippen LogP contribution in [-0.4, -0.2) is 65.6 Å². The van der Waals surface area contributed by atoms with Crippen molar-refractivity contribution in [2.45, 2.75) is 43.9 Å². The Balaban J connectivity index is 1.32. The van der Waals surface area contributed by atoms with Crippen molar-refractivity contribution in [3.05, 3.63) is 47.9 Å². The number of morpholine rings is 1. The van der Waals surface area contributed by atoms with E-state index >= 15 is 0 Å². The number of imidazole rings is 1. The molecular formula is C23H27N5O5S. The summed E-state index contributed by atoms with van der Waals surface area (Å²) >= 11 is 0. The van der Waals surface area contributed by atoms with Gasteiger partial charge in [-0.2, -0.15) is 4.31 Å². The molecular weight excluding hydrogens is 458 g/mol. The van der Waals surface area contributed by atoms with E-state index in [1.54, 1.807) is 30.3 Å². The molecule has 1 aliphatic carbocycles. The van der Waals surface area contributed by atoms with E-state index in [-0.39, 0.29) is 11.5 Å². The molecule has 0 spiro atoms. The van der Waals surface area contributed by atoms with Crippen LogP contribution in [0.15, 0.2) is 41.4 Å². The maximum atomic E-state index is 13.0. The highest BCUT2D eigenvalue weighted by Gasteiger charge is 2.27. The first-order valence-corrected chi connectivity index (χ1v) is 12.9. The van der Waals surface area contributed by atoms with Crippen molar-refractivity contribution in [3.63, 3.8) is 0 Å². The molecule has 1 aliphatic heterocycles. The van der Waals surface area contributed by atoms with Crippen LogP contribution in [-0.2, 0) is 32.6 Å². The van der Waals surface area contributed by atoms with Crippen LogP contribution in [0, 0.1) is 0 Å². The third kappa shape index (κ3) is 4.63. The van der Waals surface area contributed by atoms with Crippen LogP contribution in [0.5, 0.6) is 0 Å². The Bertz CT molecular complexity index is 1300. The van der Waals surface area contributed by atoms with Gasteiger partial charge in [-0.1, -0.05) is 0 Å². The number of pyridine rings is 1. The van der Waals surface area contributed by atoms with E-state index in [9.17, 15) is 13.2 Å². The van der Waals surface area contributed by atoms with Gasteiger partial charge in [0.1, 0.15) is 18.2 Å². The van der Waals surface area contributed by atoms with Gasteiger partial charge in [0.25, 0.3) is 0 Å². The molecule has 1 saturated heterocycles. The molecule has 2 aromatic heterocycles. The smallest absolute Gasteiger partial charge is 0.340 e. The molecule has 0 unspecified atom stereocenters. The van der Waals surface area contributed by atoms with Crippen LogP contribution in [0.3, 0.4) is 0 Å². The second-order valence-corrected chi connectivity index (χ2v) is 10.3. The molecule has 0 amide bonds. The molecule has 0 radical (unpaired) electrons. The van der Waals surface area contributed by atoms with Gasteiger partial charge in [0.05, 0.1) is 34.7 Å². The molecule has 1 aromatic carbocycles. The maximum absolute atomic E-state index is 13.0. The number of rotatable bonds is 8. The molecule has 10 nitrogen and oxygen atoms in total. The predicted molar refractivity (Wildman–Crippen MR) is 125 cm³/mol. The first-order valence-electron chi connectivity index (χ1n) is 11.4.